The first-order valence-electron chi connectivity index (χ1n) is 9.15. The molecular formula is C20H21N5O3S. The molecule has 8 nitrogen and oxygen atoms in total. The van der Waals surface area contributed by atoms with Gasteiger partial charge in [-0.15, -0.1) is 10.2 Å². The van der Waals surface area contributed by atoms with E-state index in [9.17, 15) is 14.9 Å². The van der Waals surface area contributed by atoms with E-state index in [0.717, 1.165) is 0 Å². The van der Waals surface area contributed by atoms with Crippen molar-refractivity contribution in [3.63, 3.8) is 0 Å². The van der Waals surface area contributed by atoms with E-state index in [2.05, 4.69) is 15.5 Å². The lowest BCUT2D eigenvalue weighted by atomic mass is 10.2. The largest absolute Gasteiger partial charge is 0.342 e. The highest BCUT2D eigenvalue weighted by Gasteiger charge is 2.20. The van der Waals surface area contributed by atoms with Crippen molar-refractivity contribution in [2.75, 3.05) is 0 Å². The SMILES string of the molecule is CCn1c(SCc2ccccc2[N+](=O)[O-])nnc1[C@H](C)NC(=O)c1ccccc1. The Balaban J connectivity index is 1.73. The Morgan fingerprint density at radius 2 is 1.86 bits per heavy atom. The zero-order valence-electron chi connectivity index (χ0n) is 16.1. The first-order chi connectivity index (χ1) is 14.0. The molecule has 1 heterocycles. The molecular weight excluding hydrogens is 390 g/mol. The highest BCUT2D eigenvalue weighted by molar-refractivity contribution is 7.98. The Hall–Kier alpha value is -3.20. The van der Waals surface area contributed by atoms with Crippen LogP contribution in [0.1, 0.15) is 41.6 Å². The van der Waals surface area contributed by atoms with Gasteiger partial charge in [-0.05, 0) is 26.0 Å². The summed E-state index contributed by atoms with van der Waals surface area (Å²) in [6.45, 7) is 4.44. The van der Waals surface area contributed by atoms with Gasteiger partial charge in [-0.25, -0.2) is 0 Å². The number of nitro benzene ring substituents is 1. The second-order valence-corrected chi connectivity index (χ2v) is 7.26. The highest BCUT2D eigenvalue weighted by atomic mass is 32.2. The highest BCUT2D eigenvalue weighted by Crippen LogP contribution is 2.28. The number of nitrogens with zero attached hydrogens (tertiary/aromatic N) is 4. The van der Waals surface area contributed by atoms with E-state index in [0.29, 0.717) is 34.4 Å². The van der Waals surface area contributed by atoms with Gasteiger partial charge in [0.05, 0.1) is 11.0 Å². The summed E-state index contributed by atoms with van der Waals surface area (Å²) in [5, 5.41) is 23.3. The number of benzene rings is 2. The van der Waals surface area contributed by atoms with E-state index >= 15 is 0 Å². The third-order valence-corrected chi connectivity index (χ3v) is 5.39. The van der Waals surface area contributed by atoms with Crippen LogP contribution in [0.15, 0.2) is 59.8 Å². The summed E-state index contributed by atoms with van der Waals surface area (Å²) in [7, 11) is 0. The molecule has 9 heteroatoms. The van der Waals surface area contributed by atoms with Crippen molar-refractivity contribution in [1.82, 2.24) is 20.1 Å². The minimum Gasteiger partial charge on any atom is -0.342 e. The van der Waals surface area contributed by atoms with Crippen molar-refractivity contribution in [3.8, 4) is 0 Å². The molecule has 0 radical (unpaired) electrons. The van der Waals surface area contributed by atoms with Crippen LogP contribution in [0.25, 0.3) is 0 Å². The maximum absolute atomic E-state index is 12.4. The fourth-order valence-corrected chi connectivity index (χ4v) is 3.92. The van der Waals surface area contributed by atoms with Crippen LogP contribution in [0.4, 0.5) is 5.69 Å². The molecule has 0 aliphatic heterocycles. The first-order valence-corrected chi connectivity index (χ1v) is 10.1. The van der Waals surface area contributed by atoms with Crippen LogP contribution in [-0.4, -0.2) is 25.6 Å². The van der Waals surface area contributed by atoms with Crippen LogP contribution in [0.5, 0.6) is 0 Å². The lowest BCUT2D eigenvalue weighted by molar-refractivity contribution is -0.385. The van der Waals surface area contributed by atoms with Gasteiger partial charge < -0.3 is 9.88 Å². The number of nitro groups is 1. The van der Waals surface area contributed by atoms with Gasteiger partial charge in [0.1, 0.15) is 0 Å². The molecule has 0 spiro atoms. The Labute approximate surface area is 172 Å². The summed E-state index contributed by atoms with van der Waals surface area (Å²) in [6, 6.07) is 15.3. The Morgan fingerprint density at radius 3 is 2.55 bits per heavy atom. The number of amides is 1. The number of aromatic nitrogens is 3. The van der Waals surface area contributed by atoms with Crippen LogP contribution in [-0.2, 0) is 12.3 Å². The molecule has 0 aliphatic carbocycles. The molecule has 0 bridgehead atoms. The number of carbonyl (C=O) groups excluding carboxylic acids is 1. The van der Waals surface area contributed by atoms with E-state index in [4.69, 9.17) is 0 Å². The molecule has 0 fully saturated rings. The van der Waals surface area contributed by atoms with Gasteiger partial charge in [-0.3, -0.25) is 14.9 Å². The molecule has 1 aromatic heterocycles. The normalized spacial score (nSPS) is 11.8. The maximum atomic E-state index is 12.4. The lowest BCUT2D eigenvalue weighted by Crippen LogP contribution is -2.28. The summed E-state index contributed by atoms with van der Waals surface area (Å²) >= 11 is 1.38. The number of nitrogens with one attached hydrogen (secondary N) is 1. The average Bonchev–Trinajstić information content (AvgIpc) is 3.16. The van der Waals surface area contributed by atoms with Crippen molar-refractivity contribution >= 4 is 23.4 Å². The van der Waals surface area contributed by atoms with E-state index in [-0.39, 0.29) is 22.6 Å². The van der Waals surface area contributed by atoms with Crippen LogP contribution in [0, 0.1) is 10.1 Å². The summed E-state index contributed by atoms with van der Waals surface area (Å²) in [5.74, 6) is 0.861. The summed E-state index contributed by atoms with van der Waals surface area (Å²) in [4.78, 5) is 23.2. The van der Waals surface area contributed by atoms with Gasteiger partial charge in [0.15, 0.2) is 11.0 Å². The molecule has 2 aromatic carbocycles. The number of hydrogen-bond donors (Lipinski definition) is 1. The van der Waals surface area contributed by atoms with E-state index in [1.807, 2.05) is 36.6 Å². The van der Waals surface area contributed by atoms with E-state index in [1.54, 1.807) is 30.3 Å². The molecule has 1 N–H and O–H groups in total. The minimum absolute atomic E-state index is 0.0891. The predicted octanol–water partition coefficient (Wildman–Crippen LogP) is 3.99. The fraction of sp³-hybridized carbons (Fsp3) is 0.250. The minimum atomic E-state index is -0.382. The zero-order valence-corrected chi connectivity index (χ0v) is 16.9. The van der Waals surface area contributed by atoms with Gasteiger partial charge in [-0.1, -0.05) is 48.2 Å². The van der Waals surface area contributed by atoms with Gasteiger partial charge in [0.25, 0.3) is 11.6 Å². The number of thioether (sulfide) groups is 1. The first kappa shape index (κ1) is 20.5. The molecule has 1 atom stereocenters. The van der Waals surface area contributed by atoms with Gasteiger partial charge in [0, 0.05) is 29.5 Å². The van der Waals surface area contributed by atoms with Crippen molar-refractivity contribution in [1.29, 1.82) is 0 Å². The number of rotatable bonds is 8. The maximum Gasteiger partial charge on any atom is 0.273 e. The van der Waals surface area contributed by atoms with Crippen molar-refractivity contribution < 1.29 is 9.72 Å². The van der Waals surface area contributed by atoms with E-state index < -0.39 is 0 Å². The van der Waals surface area contributed by atoms with Crippen LogP contribution < -0.4 is 5.32 Å². The second kappa shape index (κ2) is 9.33. The molecule has 3 rings (SSSR count). The van der Waals surface area contributed by atoms with Crippen molar-refractivity contribution in [2.24, 2.45) is 0 Å². The Kier molecular flexibility index (Phi) is 6.61. The Bertz CT molecular complexity index is 1010. The molecule has 29 heavy (non-hydrogen) atoms. The molecule has 0 aliphatic rings. The molecule has 3 aromatic rings. The van der Waals surface area contributed by atoms with Crippen molar-refractivity contribution in [2.45, 2.75) is 37.3 Å². The van der Waals surface area contributed by atoms with E-state index in [1.165, 1.54) is 17.8 Å². The number of carbonyl (C=O) groups is 1. The predicted molar refractivity (Wildman–Crippen MR) is 111 cm³/mol. The average molecular weight is 411 g/mol. The second-order valence-electron chi connectivity index (χ2n) is 6.32. The zero-order chi connectivity index (χ0) is 20.8. The standard InChI is InChI=1S/C20H21N5O3S/c1-3-24-18(14(2)21-19(26)15-9-5-4-6-10-15)22-23-20(24)29-13-16-11-7-8-12-17(16)25(27)28/h4-12,14H,3,13H2,1-2H3,(H,21,26)/t14-/m0/s1. The summed E-state index contributed by atoms with van der Waals surface area (Å²) in [5.41, 5.74) is 1.29. The lowest BCUT2D eigenvalue weighted by Gasteiger charge is -2.15. The molecule has 1 amide bonds. The third-order valence-electron chi connectivity index (χ3n) is 4.38. The van der Waals surface area contributed by atoms with Crippen LogP contribution in [0.2, 0.25) is 0 Å². The molecule has 0 saturated heterocycles. The Morgan fingerprint density at radius 1 is 1.17 bits per heavy atom. The molecule has 0 unspecified atom stereocenters. The van der Waals surface area contributed by atoms with Gasteiger partial charge >= 0.3 is 0 Å². The molecule has 150 valence electrons. The smallest absolute Gasteiger partial charge is 0.273 e. The summed E-state index contributed by atoms with van der Waals surface area (Å²) < 4.78 is 1.91. The topological polar surface area (TPSA) is 103 Å². The fourth-order valence-electron chi connectivity index (χ4n) is 2.91. The molecule has 0 saturated carbocycles. The quantitative estimate of drug-likeness (QED) is 0.341. The number of hydrogen-bond acceptors (Lipinski definition) is 6. The monoisotopic (exact) mass is 411 g/mol. The van der Waals surface area contributed by atoms with Crippen LogP contribution >= 0.6 is 11.8 Å². The number of para-hydroxylation sites is 1. The van der Waals surface area contributed by atoms with Gasteiger partial charge in [-0.2, -0.15) is 0 Å². The summed E-state index contributed by atoms with van der Waals surface area (Å²) in [6.07, 6.45) is 0. The van der Waals surface area contributed by atoms with Gasteiger partial charge in [0.2, 0.25) is 0 Å². The van der Waals surface area contributed by atoms with Crippen molar-refractivity contribution in [3.05, 3.63) is 81.7 Å². The van der Waals surface area contributed by atoms with Crippen LogP contribution in [0.3, 0.4) is 0 Å². The third kappa shape index (κ3) is 4.80.